The number of anilines is 1. The van der Waals surface area contributed by atoms with Crippen LogP contribution in [0.5, 0.6) is 5.75 Å². The van der Waals surface area contributed by atoms with Crippen LogP contribution in [0.1, 0.15) is 41.9 Å². The summed E-state index contributed by atoms with van der Waals surface area (Å²) in [7, 11) is 0. The molecule has 5 nitrogen and oxygen atoms in total. The van der Waals surface area contributed by atoms with Gasteiger partial charge in [-0.3, -0.25) is 4.79 Å². The van der Waals surface area contributed by atoms with E-state index in [-0.39, 0.29) is 12.0 Å². The molecular formula is C19H22N2O3. The molecule has 1 fully saturated rings. The Kier molecular flexibility index (Phi) is 5.11. The third-order valence-corrected chi connectivity index (χ3v) is 4.19. The van der Waals surface area contributed by atoms with E-state index in [9.17, 15) is 9.90 Å². The normalized spacial score (nSPS) is 20.4. The summed E-state index contributed by atoms with van der Waals surface area (Å²) in [5.74, 6) is 0.461. The number of aryl methyl sites for hydroxylation is 1. The molecule has 126 valence electrons. The van der Waals surface area contributed by atoms with Gasteiger partial charge in [-0.05, 0) is 62.6 Å². The molecule has 2 unspecified atom stereocenters. The number of hydrogen-bond acceptors (Lipinski definition) is 4. The van der Waals surface area contributed by atoms with Crippen LogP contribution in [-0.4, -0.2) is 28.2 Å². The molecule has 2 aromatic rings. The van der Waals surface area contributed by atoms with E-state index >= 15 is 0 Å². The first kappa shape index (κ1) is 16.5. The maximum Gasteiger partial charge on any atom is 0.274 e. The number of aliphatic hydroxyl groups excluding tert-OH is 1. The van der Waals surface area contributed by atoms with Gasteiger partial charge >= 0.3 is 0 Å². The maximum absolute atomic E-state index is 12.2. The lowest BCUT2D eigenvalue weighted by Gasteiger charge is -2.28. The lowest BCUT2D eigenvalue weighted by molar-refractivity contribution is 0.00688. The monoisotopic (exact) mass is 326 g/mol. The van der Waals surface area contributed by atoms with Crippen LogP contribution in [0.25, 0.3) is 0 Å². The molecular weight excluding hydrogens is 304 g/mol. The zero-order valence-corrected chi connectivity index (χ0v) is 13.7. The molecule has 24 heavy (non-hydrogen) atoms. The van der Waals surface area contributed by atoms with Gasteiger partial charge in [-0.2, -0.15) is 0 Å². The molecule has 1 amide bonds. The Morgan fingerprint density at radius 3 is 2.62 bits per heavy atom. The summed E-state index contributed by atoms with van der Waals surface area (Å²) in [4.78, 5) is 16.4. The Morgan fingerprint density at radius 1 is 1.17 bits per heavy atom. The Hall–Kier alpha value is -2.40. The van der Waals surface area contributed by atoms with E-state index in [0.717, 1.165) is 31.4 Å². The van der Waals surface area contributed by atoms with Crippen LogP contribution in [0.2, 0.25) is 0 Å². The van der Waals surface area contributed by atoms with Crippen molar-refractivity contribution in [2.75, 3.05) is 5.32 Å². The molecule has 2 atom stereocenters. The Bertz CT molecular complexity index is 700. The topological polar surface area (TPSA) is 71.5 Å². The largest absolute Gasteiger partial charge is 0.488 e. The average Bonchev–Trinajstić information content (AvgIpc) is 2.58. The highest BCUT2D eigenvalue weighted by Gasteiger charge is 2.24. The van der Waals surface area contributed by atoms with Crippen LogP contribution in [0.15, 0.2) is 42.5 Å². The van der Waals surface area contributed by atoms with Crippen molar-refractivity contribution in [3.05, 3.63) is 53.9 Å². The van der Waals surface area contributed by atoms with Crippen molar-refractivity contribution in [3.8, 4) is 5.75 Å². The summed E-state index contributed by atoms with van der Waals surface area (Å²) in [5.41, 5.74) is 1.87. The molecule has 0 radical (unpaired) electrons. The third kappa shape index (κ3) is 4.11. The van der Waals surface area contributed by atoms with Crippen LogP contribution in [-0.2, 0) is 0 Å². The molecule has 1 heterocycles. The van der Waals surface area contributed by atoms with E-state index in [0.29, 0.717) is 17.1 Å². The third-order valence-electron chi connectivity index (χ3n) is 4.19. The smallest absolute Gasteiger partial charge is 0.274 e. The average molecular weight is 326 g/mol. The number of hydrogen-bond donors (Lipinski definition) is 2. The molecule has 2 N–H and O–H groups in total. The second-order valence-electron chi connectivity index (χ2n) is 6.15. The molecule has 5 heteroatoms. The standard InChI is InChI=1S/C19H22N2O3/c1-13-5-4-6-16(20-13)19(23)21-14-9-11-15(12-10-14)24-18-8-3-2-7-17(18)22/h4-6,9-12,17-18,22H,2-3,7-8H2,1H3,(H,21,23). The van der Waals surface area contributed by atoms with Gasteiger partial charge < -0.3 is 15.2 Å². The minimum atomic E-state index is -0.398. The summed E-state index contributed by atoms with van der Waals surface area (Å²) < 4.78 is 5.85. The van der Waals surface area contributed by atoms with Gasteiger partial charge in [-0.25, -0.2) is 4.98 Å². The number of benzene rings is 1. The first-order valence-electron chi connectivity index (χ1n) is 8.31. The SMILES string of the molecule is Cc1cccc(C(=O)Nc2ccc(OC3CCCCC3O)cc2)n1. The number of aliphatic hydroxyl groups is 1. The van der Waals surface area contributed by atoms with Crippen LogP contribution in [0.4, 0.5) is 5.69 Å². The fraction of sp³-hybridized carbons (Fsp3) is 0.368. The summed E-state index contributed by atoms with van der Waals surface area (Å²) in [6.07, 6.45) is 3.26. The van der Waals surface area contributed by atoms with Crippen molar-refractivity contribution in [2.24, 2.45) is 0 Å². The highest BCUT2D eigenvalue weighted by Crippen LogP contribution is 2.25. The van der Waals surface area contributed by atoms with Crippen LogP contribution in [0.3, 0.4) is 0 Å². The molecule has 0 spiro atoms. The second-order valence-corrected chi connectivity index (χ2v) is 6.15. The van der Waals surface area contributed by atoms with E-state index < -0.39 is 6.10 Å². The predicted molar refractivity (Wildman–Crippen MR) is 92.3 cm³/mol. The van der Waals surface area contributed by atoms with E-state index in [2.05, 4.69) is 10.3 Å². The van der Waals surface area contributed by atoms with Gasteiger partial charge in [0, 0.05) is 11.4 Å². The molecule has 1 aliphatic carbocycles. The lowest BCUT2D eigenvalue weighted by Crippen LogP contribution is -2.34. The van der Waals surface area contributed by atoms with Crippen molar-refractivity contribution in [2.45, 2.75) is 44.8 Å². The number of carbonyl (C=O) groups is 1. The molecule has 1 aliphatic rings. The fourth-order valence-corrected chi connectivity index (χ4v) is 2.87. The van der Waals surface area contributed by atoms with Gasteiger partial charge in [0.15, 0.2) is 0 Å². The lowest BCUT2D eigenvalue weighted by atomic mass is 9.95. The number of amides is 1. The van der Waals surface area contributed by atoms with E-state index in [4.69, 9.17) is 4.74 Å². The molecule has 1 aromatic heterocycles. The van der Waals surface area contributed by atoms with E-state index in [1.807, 2.05) is 19.1 Å². The quantitative estimate of drug-likeness (QED) is 0.904. The number of nitrogens with zero attached hydrogens (tertiary/aromatic N) is 1. The predicted octanol–water partition coefficient (Wildman–Crippen LogP) is 3.32. The van der Waals surface area contributed by atoms with Crippen molar-refractivity contribution in [1.29, 1.82) is 0 Å². The Balaban J connectivity index is 1.61. The highest BCUT2D eigenvalue weighted by molar-refractivity contribution is 6.02. The molecule has 0 aliphatic heterocycles. The zero-order chi connectivity index (χ0) is 16.9. The Morgan fingerprint density at radius 2 is 1.92 bits per heavy atom. The first-order chi connectivity index (χ1) is 11.6. The zero-order valence-electron chi connectivity index (χ0n) is 13.7. The molecule has 3 rings (SSSR count). The van der Waals surface area contributed by atoms with Crippen LogP contribution < -0.4 is 10.1 Å². The fourth-order valence-electron chi connectivity index (χ4n) is 2.87. The number of nitrogens with one attached hydrogen (secondary N) is 1. The van der Waals surface area contributed by atoms with Crippen molar-refractivity contribution in [3.63, 3.8) is 0 Å². The number of rotatable bonds is 4. The van der Waals surface area contributed by atoms with Crippen molar-refractivity contribution >= 4 is 11.6 Å². The van der Waals surface area contributed by atoms with Crippen LogP contribution in [0, 0.1) is 6.92 Å². The maximum atomic E-state index is 12.2. The molecule has 1 saturated carbocycles. The van der Waals surface area contributed by atoms with Crippen molar-refractivity contribution in [1.82, 2.24) is 4.98 Å². The summed E-state index contributed by atoms with van der Waals surface area (Å²) >= 11 is 0. The molecule has 0 saturated heterocycles. The van der Waals surface area contributed by atoms with Gasteiger partial charge in [-0.1, -0.05) is 12.5 Å². The first-order valence-corrected chi connectivity index (χ1v) is 8.31. The summed E-state index contributed by atoms with van der Waals surface area (Å²) in [5, 5.41) is 12.8. The Labute approximate surface area is 141 Å². The second kappa shape index (κ2) is 7.45. The van der Waals surface area contributed by atoms with Gasteiger partial charge in [0.2, 0.25) is 0 Å². The van der Waals surface area contributed by atoms with E-state index in [1.54, 1.807) is 30.3 Å². The minimum Gasteiger partial charge on any atom is -0.488 e. The number of aromatic nitrogens is 1. The van der Waals surface area contributed by atoms with Gasteiger partial charge in [0.05, 0.1) is 6.10 Å². The van der Waals surface area contributed by atoms with Gasteiger partial charge in [0.1, 0.15) is 17.5 Å². The molecule has 0 bridgehead atoms. The highest BCUT2D eigenvalue weighted by atomic mass is 16.5. The number of pyridine rings is 1. The number of carbonyl (C=O) groups excluding carboxylic acids is 1. The minimum absolute atomic E-state index is 0.143. The summed E-state index contributed by atoms with van der Waals surface area (Å²) in [6.45, 7) is 1.85. The van der Waals surface area contributed by atoms with Crippen molar-refractivity contribution < 1.29 is 14.6 Å². The van der Waals surface area contributed by atoms with Crippen LogP contribution >= 0.6 is 0 Å². The number of ether oxygens (including phenoxy) is 1. The molecule has 1 aromatic carbocycles. The van der Waals surface area contributed by atoms with E-state index in [1.165, 1.54) is 0 Å². The van der Waals surface area contributed by atoms with Gasteiger partial charge in [0.25, 0.3) is 5.91 Å². The van der Waals surface area contributed by atoms with Gasteiger partial charge in [-0.15, -0.1) is 0 Å². The summed E-state index contributed by atoms with van der Waals surface area (Å²) in [6, 6.07) is 12.5.